The molecule has 11 heteroatoms. The Hall–Kier alpha value is -3.31. The highest BCUT2D eigenvalue weighted by molar-refractivity contribution is 5.88. The predicted molar refractivity (Wildman–Crippen MR) is 115 cm³/mol. The molecule has 0 spiro atoms. The van der Waals surface area contributed by atoms with Crippen molar-refractivity contribution in [2.24, 2.45) is 0 Å². The molecule has 1 N–H and O–H groups in total. The molecule has 10 nitrogen and oxygen atoms in total. The lowest BCUT2D eigenvalue weighted by Crippen LogP contribution is -2.52. The lowest BCUT2D eigenvalue weighted by Gasteiger charge is -2.37. The van der Waals surface area contributed by atoms with Crippen molar-refractivity contribution in [3.05, 3.63) is 52.5 Å². The van der Waals surface area contributed by atoms with Gasteiger partial charge in [0.25, 0.3) is 5.69 Å². The summed E-state index contributed by atoms with van der Waals surface area (Å²) in [6.07, 6.45) is 2.72. The summed E-state index contributed by atoms with van der Waals surface area (Å²) in [5, 5.41) is 13.5. The van der Waals surface area contributed by atoms with Crippen molar-refractivity contribution in [1.82, 2.24) is 19.7 Å². The molecule has 2 amide bonds. The van der Waals surface area contributed by atoms with E-state index in [9.17, 15) is 19.3 Å². The smallest absolute Gasteiger partial charge is 0.323 e. The highest BCUT2D eigenvalue weighted by Crippen LogP contribution is 2.28. The van der Waals surface area contributed by atoms with Gasteiger partial charge in [-0.1, -0.05) is 0 Å². The van der Waals surface area contributed by atoms with Crippen LogP contribution >= 0.6 is 0 Å². The number of rotatable bonds is 7. The van der Waals surface area contributed by atoms with Crippen molar-refractivity contribution in [1.29, 1.82) is 0 Å². The van der Waals surface area contributed by atoms with E-state index < -0.39 is 10.7 Å². The van der Waals surface area contributed by atoms with E-state index in [-0.39, 0.29) is 29.0 Å². The van der Waals surface area contributed by atoms with Crippen LogP contribution in [0.3, 0.4) is 0 Å². The average Bonchev–Trinajstić information content (AvgIpc) is 2.74. The summed E-state index contributed by atoms with van der Waals surface area (Å²) in [7, 11) is 0. The minimum Gasteiger partial charge on any atom is -0.454 e. The standard InChI is InChI=1S/C21H25FN6O4/c22-18-14-16(28(30)31)2-3-19(18)32-17-4-5-23-20(15-17)24-21(29)27-12-10-26(11-13-27)9-8-25-6-1-7-25/h2-5,14-15H,1,6-13H2,(H,23,24,29). The van der Waals surface area contributed by atoms with Crippen LogP contribution in [-0.2, 0) is 0 Å². The molecule has 0 unspecified atom stereocenters. The average molecular weight is 444 g/mol. The topological polar surface area (TPSA) is 104 Å². The molecule has 2 saturated heterocycles. The maximum absolute atomic E-state index is 14.1. The summed E-state index contributed by atoms with van der Waals surface area (Å²) in [4.78, 5) is 33.3. The highest BCUT2D eigenvalue weighted by Gasteiger charge is 2.23. The van der Waals surface area contributed by atoms with E-state index >= 15 is 0 Å². The summed E-state index contributed by atoms with van der Waals surface area (Å²) in [6, 6.07) is 5.87. The van der Waals surface area contributed by atoms with Crippen LogP contribution < -0.4 is 10.1 Å². The number of nitrogens with one attached hydrogen (secondary N) is 1. The molecule has 1 aromatic carbocycles. The minimum atomic E-state index is -0.853. The number of nitrogens with zero attached hydrogens (tertiary/aromatic N) is 5. The van der Waals surface area contributed by atoms with Gasteiger partial charge in [-0.15, -0.1) is 0 Å². The Kier molecular flexibility index (Phi) is 6.76. The fourth-order valence-corrected chi connectivity index (χ4v) is 3.61. The van der Waals surface area contributed by atoms with E-state index in [1.54, 1.807) is 4.90 Å². The molecule has 0 saturated carbocycles. The second kappa shape index (κ2) is 9.88. The molecule has 2 fully saturated rings. The first kappa shape index (κ1) is 21.9. The summed E-state index contributed by atoms with van der Waals surface area (Å²) >= 11 is 0. The zero-order valence-electron chi connectivity index (χ0n) is 17.6. The van der Waals surface area contributed by atoms with Gasteiger partial charge in [0.2, 0.25) is 0 Å². The van der Waals surface area contributed by atoms with Gasteiger partial charge in [0.15, 0.2) is 11.6 Å². The third-order valence-corrected chi connectivity index (χ3v) is 5.66. The van der Waals surface area contributed by atoms with Gasteiger partial charge in [-0.25, -0.2) is 14.2 Å². The molecule has 2 aliphatic rings. The van der Waals surface area contributed by atoms with E-state index in [1.807, 2.05) is 0 Å². The second-order valence-electron chi connectivity index (χ2n) is 7.80. The lowest BCUT2D eigenvalue weighted by atomic mass is 10.2. The third kappa shape index (κ3) is 5.48. The molecule has 2 aliphatic heterocycles. The van der Waals surface area contributed by atoms with Crippen molar-refractivity contribution in [3.8, 4) is 11.5 Å². The van der Waals surface area contributed by atoms with Gasteiger partial charge in [-0.3, -0.25) is 20.3 Å². The first-order valence-electron chi connectivity index (χ1n) is 10.6. The number of hydrogen-bond acceptors (Lipinski definition) is 7. The number of nitro groups is 1. The number of carbonyl (C=O) groups excluding carboxylic acids is 1. The Labute approximate surface area is 184 Å². The van der Waals surface area contributed by atoms with Gasteiger partial charge < -0.3 is 14.5 Å². The largest absolute Gasteiger partial charge is 0.454 e. The zero-order valence-corrected chi connectivity index (χ0v) is 17.6. The first-order valence-corrected chi connectivity index (χ1v) is 10.6. The summed E-state index contributed by atoms with van der Waals surface area (Å²) < 4.78 is 19.5. The van der Waals surface area contributed by atoms with Crippen molar-refractivity contribution < 1.29 is 18.8 Å². The fraction of sp³-hybridized carbons (Fsp3) is 0.429. The van der Waals surface area contributed by atoms with Crippen molar-refractivity contribution in [3.63, 3.8) is 0 Å². The number of piperazine rings is 1. The molecule has 2 aromatic rings. The number of nitro benzene ring substituents is 1. The maximum Gasteiger partial charge on any atom is 0.323 e. The van der Waals surface area contributed by atoms with Gasteiger partial charge in [0, 0.05) is 57.6 Å². The minimum absolute atomic E-state index is 0.159. The quantitative estimate of drug-likeness (QED) is 0.517. The van der Waals surface area contributed by atoms with Crippen LogP contribution in [0, 0.1) is 15.9 Å². The Morgan fingerprint density at radius 2 is 1.81 bits per heavy atom. The van der Waals surface area contributed by atoms with Crippen LogP contribution in [0.4, 0.5) is 20.7 Å². The highest BCUT2D eigenvalue weighted by atomic mass is 19.1. The van der Waals surface area contributed by atoms with Crippen molar-refractivity contribution >= 4 is 17.5 Å². The molecule has 0 atom stereocenters. The van der Waals surface area contributed by atoms with Crippen LogP contribution in [-0.4, -0.2) is 83.0 Å². The molecule has 3 heterocycles. The molecule has 4 rings (SSSR count). The predicted octanol–water partition coefficient (Wildman–Crippen LogP) is 2.78. The fourth-order valence-electron chi connectivity index (χ4n) is 3.61. The summed E-state index contributed by atoms with van der Waals surface area (Å²) in [5.74, 6) is -0.490. The number of pyridine rings is 1. The summed E-state index contributed by atoms with van der Waals surface area (Å²) in [6.45, 7) is 7.42. The van der Waals surface area contributed by atoms with E-state index in [4.69, 9.17) is 4.74 Å². The number of likely N-dealkylation sites (tertiary alicyclic amines) is 1. The maximum atomic E-state index is 14.1. The van der Waals surface area contributed by atoms with Crippen LogP contribution in [0.25, 0.3) is 0 Å². The van der Waals surface area contributed by atoms with E-state index in [0.29, 0.717) is 13.1 Å². The van der Waals surface area contributed by atoms with Gasteiger partial charge in [-0.2, -0.15) is 0 Å². The zero-order chi connectivity index (χ0) is 22.5. The van der Waals surface area contributed by atoms with Crippen LogP contribution in [0.1, 0.15) is 6.42 Å². The van der Waals surface area contributed by atoms with Crippen LogP contribution in [0.15, 0.2) is 36.5 Å². The Morgan fingerprint density at radius 3 is 2.44 bits per heavy atom. The number of carbonyl (C=O) groups is 1. The Bertz CT molecular complexity index is 979. The summed E-state index contributed by atoms with van der Waals surface area (Å²) in [5.41, 5.74) is -0.363. The van der Waals surface area contributed by atoms with E-state index in [0.717, 1.165) is 38.3 Å². The SMILES string of the molecule is O=C(Nc1cc(Oc2ccc([N+](=O)[O-])cc2F)ccn1)N1CCN(CCN2CCC2)CC1. The van der Waals surface area contributed by atoms with Crippen LogP contribution in [0.5, 0.6) is 11.5 Å². The van der Waals surface area contributed by atoms with Gasteiger partial charge in [0.1, 0.15) is 11.6 Å². The van der Waals surface area contributed by atoms with Crippen LogP contribution in [0.2, 0.25) is 0 Å². The number of ether oxygens (including phenoxy) is 1. The van der Waals surface area contributed by atoms with Crippen molar-refractivity contribution in [2.45, 2.75) is 6.42 Å². The molecule has 1 aromatic heterocycles. The lowest BCUT2D eigenvalue weighted by molar-refractivity contribution is -0.385. The number of urea groups is 1. The Balaban J connectivity index is 1.29. The number of halogens is 1. The molecule has 0 bridgehead atoms. The van der Waals surface area contributed by atoms with E-state index in [1.165, 1.54) is 43.9 Å². The first-order chi connectivity index (χ1) is 15.5. The second-order valence-corrected chi connectivity index (χ2v) is 7.80. The number of anilines is 1. The van der Waals surface area contributed by atoms with Gasteiger partial charge in [0.05, 0.1) is 11.0 Å². The number of non-ortho nitro benzene ring substituents is 1. The number of amides is 2. The normalized spacial score (nSPS) is 17.0. The molecule has 0 aliphatic carbocycles. The molecular weight excluding hydrogens is 419 g/mol. The molecule has 170 valence electrons. The number of benzene rings is 1. The monoisotopic (exact) mass is 444 g/mol. The van der Waals surface area contributed by atoms with Gasteiger partial charge >= 0.3 is 6.03 Å². The van der Waals surface area contributed by atoms with Gasteiger partial charge in [-0.05, 0) is 31.6 Å². The molecule has 0 radical (unpaired) electrons. The van der Waals surface area contributed by atoms with E-state index in [2.05, 4.69) is 20.1 Å². The Morgan fingerprint density at radius 1 is 1.09 bits per heavy atom. The molecule has 32 heavy (non-hydrogen) atoms. The van der Waals surface area contributed by atoms with Crippen molar-refractivity contribution in [2.75, 3.05) is 57.7 Å². The number of aromatic nitrogens is 1. The third-order valence-electron chi connectivity index (χ3n) is 5.66. The number of hydrogen-bond donors (Lipinski definition) is 1. The molecular formula is C21H25FN6O4.